The van der Waals surface area contributed by atoms with Gasteiger partial charge in [0.05, 0.1) is 36.3 Å². The first-order valence-corrected chi connectivity index (χ1v) is 16.0. The monoisotopic (exact) mass is 630 g/mol. The maximum Gasteiger partial charge on any atom is 0.251 e. The van der Waals surface area contributed by atoms with E-state index in [9.17, 15) is 14.4 Å². The number of nitrogens with zero attached hydrogens (tertiary/aromatic N) is 2. The van der Waals surface area contributed by atoms with Gasteiger partial charge in [-0.25, -0.2) is 0 Å². The fourth-order valence-electron chi connectivity index (χ4n) is 6.12. The van der Waals surface area contributed by atoms with Gasteiger partial charge in [0.1, 0.15) is 17.5 Å². The summed E-state index contributed by atoms with van der Waals surface area (Å²) >= 11 is 0. The quantitative estimate of drug-likeness (QED) is 0.155. The van der Waals surface area contributed by atoms with Crippen LogP contribution in [0.2, 0.25) is 0 Å². The van der Waals surface area contributed by atoms with E-state index in [1.807, 2.05) is 123 Å². The summed E-state index contributed by atoms with van der Waals surface area (Å²) in [7, 11) is 0. The Hall–Kier alpha value is -5.37. The number of allylic oxidation sites excluding steroid dienone is 1. The van der Waals surface area contributed by atoms with Gasteiger partial charge in [0, 0.05) is 5.69 Å². The Morgan fingerprint density at radius 3 is 2.19 bits per heavy atom. The molecule has 0 radical (unpaired) electrons. The molecule has 0 fully saturated rings. The van der Waals surface area contributed by atoms with E-state index in [4.69, 9.17) is 10.5 Å². The summed E-state index contributed by atoms with van der Waals surface area (Å²) in [4.78, 5) is 45.0. The molecule has 3 amide bonds. The Balaban J connectivity index is 1.52. The molecule has 1 heterocycles. The van der Waals surface area contributed by atoms with Gasteiger partial charge in [0.15, 0.2) is 0 Å². The fraction of sp³-hybridized carbons (Fsp3) is 0.256. The summed E-state index contributed by atoms with van der Waals surface area (Å²) in [5, 5.41) is 3.06. The highest BCUT2D eigenvalue weighted by Crippen LogP contribution is 2.38. The van der Waals surface area contributed by atoms with Crippen LogP contribution in [0.3, 0.4) is 0 Å². The van der Waals surface area contributed by atoms with Crippen LogP contribution in [0.4, 0.5) is 17.1 Å². The van der Waals surface area contributed by atoms with E-state index in [0.29, 0.717) is 23.6 Å². The second-order valence-corrected chi connectivity index (χ2v) is 12.3. The number of anilines is 3. The van der Waals surface area contributed by atoms with E-state index in [2.05, 4.69) is 16.8 Å². The molecule has 0 saturated heterocycles. The zero-order valence-corrected chi connectivity index (χ0v) is 26.9. The minimum atomic E-state index is -0.925. The lowest BCUT2D eigenvalue weighted by Crippen LogP contribution is -2.54. The summed E-state index contributed by atoms with van der Waals surface area (Å²) in [6, 6.07) is 33.8. The summed E-state index contributed by atoms with van der Waals surface area (Å²) in [5.41, 5.74) is 9.08. The molecule has 1 aliphatic rings. The van der Waals surface area contributed by atoms with Crippen LogP contribution in [0, 0.1) is 17.8 Å². The molecule has 1 aliphatic heterocycles. The first-order chi connectivity index (χ1) is 22.7. The lowest BCUT2D eigenvalue weighted by Gasteiger charge is -2.30. The number of nitrogens with one attached hydrogen (secondary N) is 1. The Morgan fingerprint density at radius 2 is 1.53 bits per heavy atom. The Morgan fingerprint density at radius 1 is 0.894 bits per heavy atom. The van der Waals surface area contributed by atoms with Crippen LogP contribution >= 0.6 is 0 Å². The van der Waals surface area contributed by atoms with E-state index in [1.54, 1.807) is 11.0 Å². The van der Waals surface area contributed by atoms with Crippen LogP contribution in [-0.2, 0) is 20.9 Å². The largest absolute Gasteiger partial charge is 0.457 e. The van der Waals surface area contributed by atoms with Crippen molar-refractivity contribution in [2.75, 3.05) is 16.3 Å². The number of ether oxygens (including phenoxy) is 1. The molecule has 8 nitrogen and oxygen atoms in total. The number of para-hydroxylation sites is 4. The normalized spacial score (nSPS) is 15.7. The molecule has 4 aromatic rings. The third kappa shape index (κ3) is 8.08. The topological polar surface area (TPSA) is 105 Å². The van der Waals surface area contributed by atoms with E-state index >= 15 is 0 Å². The van der Waals surface area contributed by atoms with Gasteiger partial charge in [-0.3, -0.25) is 14.4 Å². The van der Waals surface area contributed by atoms with Gasteiger partial charge < -0.3 is 25.6 Å². The number of carbonyl (C=O) groups is 3. The molecule has 242 valence electrons. The molecule has 5 rings (SSSR count). The van der Waals surface area contributed by atoms with Crippen LogP contribution in [0.15, 0.2) is 122 Å². The zero-order chi connectivity index (χ0) is 33.3. The molecule has 0 bridgehead atoms. The lowest BCUT2D eigenvalue weighted by atomic mass is 9.82. The highest BCUT2D eigenvalue weighted by atomic mass is 16.5. The first-order valence-electron chi connectivity index (χ1n) is 16.0. The Labute approximate surface area is 276 Å². The number of hydrogen-bond acceptors (Lipinski definition) is 5. The van der Waals surface area contributed by atoms with Crippen LogP contribution in [0.5, 0.6) is 11.5 Å². The molecular weight excluding hydrogens is 588 g/mol. The SMILES string of the molecule is C=CCC(C(N)=O)C(CC(C)C)C(=O)NC1CN(c2ccccc2)c2ccccc2N(Cc2cccc(Oc3ccccc3)c2)C1=O. The molecule has 0 spiro atoms. The third-order valence-corrected chi connectivity index (χ3v) is 8.33. The fourth-order valence-corrected chi connectivity index (χ4v) is 6.12. The second kappa shape index (κ2) is 15.3. The minimum Gasteiger partial charge on any atom is -0.457 e. The molecule has 47 heavy (non-hydrogen) atoms. The number of hydrogen-bond donors (Lipinski definition) is 2. The molecule has 3 unspecified atom stereocenters. The standard InChI is InChI=1S/C39H42N4O4/c1-4-14-32(37(40)44)33(23-27(2)3)38(45)41-34-26-42(29-16-7-5-8-17-29)35-21-11-12-22-36(35)43(39(34)46)25-28-15-13-20-31(24-28)47-30-18-9-6-10-19-30/h4-13,15-22,24,27,32-34H,1,14,23,25-26H2,2-3H3,(H2,40,44)(H,41,45). The molecule has 0 saturated carbocycles. The van der Waals surface area contributed by atoms with E-state index < -0.39 is 23.8 Å². The van der Waals surface area contributed by atoms with Crippen molar-refractivity contribution in [3.05, 3.63) is 127 Å². The van der Waals surface area contributed by atoms with Gasteiger partial charge in [-0.15, -0.1) is 6.58 Å². The minimum absolute atomic E-state index is 0.120. The molecule has 0 aliphatic carbocycles. The molecule has 3 N–H and O–H groups in total. The molecule has 4 aromatic carbocycles. The summed E-state index contributed by atoms with van der Waals surface area (Å²) in [6.45, 7) is 8.20. The molecule has 3 atom stereocenters. The zero-order valence-electron chi connectivity index (χ0n) is 26.9. The Kier molecular flexibility index (Phi) is 10.7. The van der Waals surface area contributed by atoms with Gasteiger partial charge in [-0.05, 0) is 72.9 Å². The van der Waals surface area contributed by atoms with Gasteiger partial charge >= 0.3 is 0 Å². The van der Waals surface area contributed by atoms with E-state index in [1.165, 1.54) is 0 Å². The Bertz CT molecular complexity index is 1690. The predicted molar refractivity (Wildman–Crippen MR) is 186 cm³/mol. The number of benzene rings is 4. The lowest BCUT2D eigenvalue weighted by molar-refractivity contribution is -0.135. The maximum absolute atomic E-state index is 14.6. The maximum atomic E-state index is 14.6. The molecule has 8 heteroatoms. The summed E-state index contributed by atoms with van der Waals surface area (Å²) < 4.78 is 6.08. The van der Waals surface area contributed by atoms with Crippen molar-refractivity contribution in [1.82, 2.24) is 5.32 Å². The average Bonchev–Trinajstić information content (AvgIpc) is 3.18. The van der Waals surface area contributed by atoms with Crippen LogP contribution in [0.25, 0.3) is 0 Å². The second-order valence-electron chi connectivity index (χ2n) is 12.3. The van der Waals surface area contributed by atoms with Gasteiger partial charge in [-0.2, -0.15) is 0 Å². The number of amides is 3. The number of primary amides is 1. The molecular formula is C39H42N4O4. The van der Waals surface area contributed by atoms with Crippen molar-refractivity contribution in [1.29, 1.82) is 0 Å². The van der Waals surface area contributed by atoms with Crippen molar-refractivity contribution >= 4 is 34.8 Å². The average molecular weight is 631 g/mol. The van der Waals surface area contributed by atoms with E-state index in [-0.39, 0.29) is 37.2 Å². The van der Waals surface area contributed by atoms with Crippen molar-refractivity contribution in [3.63, 3.8) is 0 Å². The molecule has 0 aromatic heterocycles. The van der Waals surface area contributed by atoms with Crippen LogP contribution < -0.4 is 25.6 Å². The van der Waals surface area contributed by atoms with Crippen molar-refractivity contribution < 1.29 is 19.1 Å². The smallest absolute Gasteiger partial charge is 0.251 e. The summed E-state index contributed by atoms with van der Waals surface area (Å²) in [6.07, 6.45) is 2.32. The van der Waals surface area contributed by atoms with Crippen LogP contribution in [-0.4, -0.2) is 30.3 Å². The van der Waals surface area contributed by atoms with Gasteiger partial charge in [-0.1, -0.05) is 80.6 Å². The van der Waals surface area contributed by atoms with Crippen molar-refractivity contribution in [3.8, 4) is 11.5 Å². The third-order valence-electron chi connectivity index (χ3n) is 8.33. The number of fused-ring (bicyclic) bond motifs is 1. The van der Waals surface area contributed by atoms with Gasteiger partial charge in [0.25, 0.3) is 5.91 Å². The summed E-state index contributed by atoms with van der Waals surface area (Å²) in [5.74, 6) is -1.16. The highest BCUT2D eigenvalue weighted by molar-refractivity contribution is 6.04. The predicted octanol–water partition coefficient (Wildman–Crippen LogP) is 6.99. The van der Waals surface area contributed by atoms with Crippen LogP contribution in [0.1, 0.15) is 32.3 Å². The van der Waals surface area contributed by atoms with Crippen molar-refractivity contribution in [2.24, 2.45) is 23.5 Å². The number of nitrogens with two attached hydrogens (primary N) is 1. The highest BCUT2D eigenvalue weighted by Gasteiger charge is 2.39. The van der Waals surface area contributed by atoms with E-state index in [0.717, 1.165) is 16.9 Å². The van der Waals surface area contributed by atoms with Crippen molar-refractivity contribution in [2.45, 2.75) is 39.3 Å². The van der Waals surface area contributed by atoms with Gasteiger partial charge in [0.2, 0.25) is 11.8 Å². The number of rotatable bonds is 13. The first kappa shape index (κ1) is 33.0. The number of carbonyl (C=O) groups excluding carboxylic acids is 3.